The van der Waals surface area contributed by atoms with E-state index in [-0.39, 0.29) is 12.5 Å². The molecular formula is C16H18ClN3O. The van der Waals surface area contributed by atoms with E-state index in [2.05, 4.69) is 10.4 Å². The maximum atomic E-state index is 12.0. The van der Waals surface area contributed by atoms with Gasteiger partial charge in [-0.15, -0.1) is 0 Å². The van der Waals surface area contributed by atoms with Crippen LogP contribution in [0.5, 0.6) is 0 Å². The lowest BCUT2D eigenvalue weighted by atomic mass is 10.1. The number of hydrogen-bond acceptors (Lipinski definition) is 2. The monoisotopic (exact) mass is 303 g/mol. The van der Waals surface area contributed by atoms with Crippen LogP contribution in [0.15, 0.2) is 30.5 Å². The van der Waals surface area contributed by atoms with Crippen LogP contribution in [-0.2, 0) is 24.2 Å². The molecule has 1 aliphatic rings. The van der Waals surface area contributed by atoms with Crippen molar-refractivity contribution in [3.8, 4) is 0 Å². The summed E-state index contributed by atoms with van der Waals surface area (Å²) in [5, 5.41) is 8.05. The van der Waals surface area contributed by atoms with Crippen LogP contribution in [0.4, 0.5) is 5.69 Å². The van der Waals surface area contributed by atoms with Crippen molar-refractivity contribution in [2.24, 2.45) is 0 Å². The molecule has 0 radical (unpaired) electrons. The molecular weight excluding hydrogens is 286 g/mol. The quantitative estimate of drug-likeness (QED) is 0.883. The number of nitrogens with zero attached hydrogens (tertiary/aromatic N) is 2. The van der Waals surface area contributed by atoms with Gasteiger partial charge in [-0.2, -0.15) is 5.10 Å². The number of halogens is 1. The van der Waals surface area contributed by atoms with E-state index in [4.69, 9.17) is 11.6 Å². The largest absolute Gasteiger partial charge is 0.324 e. The van der Waals surface area contributed by atoms with E-state index in [0.29, 0.717) is 5.02 Å². The summed E-state index contributed by atoms with van der Waals surface area (Å²) >= 11 is 5.82. The maximum absolute atomic E-state index is 12.0. The fraction of sp³-hybridized carbons (Fsp3) is 0.375. The van der Waals surface area contributed by atoms with Crippen molar-refractivity contribution in [2.45, 2.75) is 38.6 Å². The normalized spacial score (nSPS) is 14.3. The van der Waals surface area contributed by atoms with E-state index in [1.165, 1.54) is 24.8 Å². The van der Waals surface area contributed by atoms with Crippen LogP contribution in [-0.4, -0.2) is 15.7 Å². The van der Waals surface area contributed by atoms with Gasteiger partial charge in [-0.25, -0.2) is 0 Å². The lowest BCUT2D eigenvalue weighted by molar-refractivity contribution is -0.116. The van der Waals surface area contributed by atoms with E-state index in [9.17, 15) is 4.79 Å². The topological polar surface area (TPSA) is 46.9 Å². The van der Waals surface area contributed by atoms with Crippen LogP contribution in [0.25, 0.3) is 0 Å². The minimum absolute atomic E-state index is 0.0741. The highest BCUT2D eigenvalue weighted by Gasteiger charge is 2.13. The number of aryl methyl sites for hydroxylation is 2. The van der Waals surface area contributed by atoms with E-state index in [1.807, 2.05) is 6.20 Å². The molecule has 110 valence electrons. The van der Waals surface area contributed by atoms with E-state index in [0.717, 1.165) is 24.2 Å². The highest BCUT2D eigenvalue weighted by Crippen LogP contribution is 2.19. The third kappa shape index (κ3) is 3.64. The first-order valence-electron chi connectivity index (χ1n) is 7.31. The van der Waals surface area contributed by atoms with Gasteiger partial charge in [0, 0.05) is 16.9 Å². The maximum Gasteiger partial charge on any atom is 0.246 e. The molecule has 1 heterocycles. The standard InChI is InChI=1S/C16H18ClN3O/c17-13-6-8-14(9-7-13)18-16(21)11-20-10-12-4-2-1-3-5-15(12)19-20/h6-10H,1-5,11H2,(H,18,21). The number of aromatic nitrogens is 2. The average molecular weight is 304 g/mol. The Kier molecular flexibility index (Phi) is 4.25. The zero-order valence-corrected chi connectivity index (χ0v) is 12.6. The van der Waals surface area contributed by atoms with Gasteiger partial charge in [0.2, 0.25) is 5.91 Å². The zero-order chi connectivity index (χ0) is 14.7. The molecule has 2 aromatic rings. The summed E-state index contributed by atoms with van der Waals surface area (Å²) in [5.41, 5.74) is 3.21. The van der Waals surface area contributed by atoms with Gasteiger partial charge in [-0.3, -0.25) is 9.48 Å². The van der Waals surface area contributed by atoms with Gasteiger partial charge < -0.3 is 5.32 Å². The Labute approximate surface area is 129 Å². The smallest absolute Gasteiger partial charge is 0.246 e. The molecule has 0 spiro atoms. The summed E-state index contributed by atoms with van der Waals surface area (Å²) in [5.74, 6) is -0.0741. The Morgan fingerprint density at radius 2 is 1.95 bits per heavy atom. The summed E-state index contributed by atoms with van der Waals surface area (Å²) in [7, 11) is 0. The molecule has 0 saturated heterocycles. The van der Waals surface area contributed by atoms with Crippen molar-refractivity contribution in [1.29, 1.82) is 0 Å². The number of nitrogens with one attached hydrogen (secondary N) is 1. The van der Waals surface area contributed by atoms with Crippen LogP contribution in [0.2, 0.25) is 5.02 Å². The lowest BCUT2D eigenvalue weighted by Gasteiger charge is -2.05. The molecule has 0 saturated carbocycles. The van der Waals surface area contributed by atoms with Gasteiger partial charge in [0.15, 0.2) is 0 Å². The summed E-state index contributed by atoms with van der Waals surface area (Å²) in [4.78, 5) is 12.0. The van der Waals surface area contributed by atoms with Crippen molar-refractivity contribution in [3.63, 3.8) is 0 Å². The third-order valence-corrected chi connectivity index (χ3v) is 3.97. The predicted octanol–water partition coefficient (Wildman–Crippen LogP) is 3.44. The highest BCUT2D eigenvalue weighted by molar-refractivity contribution is 6.30. The predicted molar refractivity (Wildman–Crippen MR) is 83.6 cm³/mol. The average Bonchev–Trinajstić information content (AvgIpc) is 2.70. The summed E-state index contributed by atoms with van der Waals surface area (Å²) in [6, 6.07) is 7.09. The minimum Gasteiger partial charge on any atom is -0.324 e. The molecule has 0 fully saturated rings. The van der Waals surface area contributed by atoms with Crippen LogP contribution in [0.1, 0.15) is 30.5 Å². The summed E-state index contributed by atoms with van der Waals surface area (Å²) in [6.45, 7) is 0.246. The molecule has 1 aromatic carbocycles. The highest BCUT2D eigenvalue weighted by atomic mass is 35.5. The molecule has 4 nitrogen and oxygen atoms in total. The first kappa shape index (κ1) is 14.1. The second kappa shape index (κ2) is 6.31. The van der Waals surface area contributed by atoms with Gasteiger partial charge in [0.25, 0.3) is 0 Å². The lowest BCUT2D eigenvalue weighted by Crippen LogP contribution is -2.19. The second-order valence-corrected chi connectivity index (χ2v) is 5.85. The van der Waals surface area contributed by atoms with Gasteiger partial charge in [0.1, 0.15) is 6.54 Å². The summed E-state index contributed by atoms with van der Waals surface area (Å²) < 4.78 is 1.75. The van der Waals surface area contributed by atoms with Gasteiger partial charge in [-0.05, 0) is 55.5 Å². The number of carbonyl (C=O) groups is 1. The Balaban J connectivity index is 1.63. The number of hydrogen-bond donors (Lipinski definition) is 1. The zero-order valence-electron chi connectivity index (χ0n) is 11.8. The fourth-order valence-corrected chi connectivity index (χ4v) is 2.79. The molecule has 1 aromatic heterocycles. The Bertz CT molecular complexity index is 610. The summed E-state index contributed by atoms with van der Waals surface area (Å²) in [6.07, 6.45) is 7.81. The molecule has 0 aliphatic heterocycles. The number of amides is 1. The van der Waals surface area contributed by atoms with Gasteiger partial charge >= 0.3 is 0 Å². The molecule has 1 N–H and O–H groups in total. The van der Waals surface area contributed by atoms with Crippen LogP contribution in [0, 0.1) is 0 Å². The SMILES string of the molecule is O=C(Cn1cc2c(n1)CCCCC2)Nc1ccc(Cl)cc1. The number of fused-ring (bicyclic) bond motifs is 1. The van der Waals surface area contributed by atoms with E-state index >= 15 is 0 Å². The third-order valence-electron chi connectivity index (χ3n) is 3.72. The Morgan fingerprint density at radius 1 is 1.19 bits per heavy atom. The molecule has 21 heavy (non-hydrogen) atoms. The van der Waals surface area contributed by atoms with Gasteiger partial charge in [-0.1, -0.05) is 18.0 Å². The molecule has 1 amide bonds. The molecule has 0 unspecified atom stereocenters. The molecule has 1 aliphatic carbocycles. The van der Waals surface area contributed by atoms with Crippen LogP contribution in [0.3, 0.4) is 0 Å². The Morgan fingerprint density at radius 3 is 2.76 bits per heavy atom. The second-order valence-electron chi connectivity index (χ2n) is 5.41. The van der Waals surface area contributed by atoms with Crippen molar-refractivity contribution < 1.29 is 4.79 Å². The first-order valence-corrected chi connectivity index (χ1v) is 7.69. The van der Waals surface area contributed by atoms with Crippen molar-refractivity contribution >= 4 is 23.2 Å². The fourth-order valence-electron chi connectivity index (χ4n) is 2.67. The van der Waals surface area contributed by atoms with E-state index in [1.54, 1.807) is 28.9 Å². The van der Waals surface area contributed by atoms with E-state index < -0.39 is 0 Å². The minimum atomic E-state index is -0.0741. The molecule has 5 heteroatoms. The van der Waals surface area contributed by atoms with Crippen molar-refractivity contribution in [3.05, 3.63) is 46.7 Å². The van der Waals surface area contributed by atoms with Crippen LogP contribution < -0.4 is 5.32 Å². The van der Waals surface area contributed by atoms with Crippen LogP contribution >= 0.6 is 11.6 Å². The molecule has 3 rings (SSSR count). The molecule has 0 bridgehead atoms. The van der Waals surface area contributed by atoms with Crippen molar-refractivity contribution in [1.82, 2.24) is 9.78 Å². The van der Waals surface area contributed by atoms with Gasteiger partial charge in [0.05, 0.1) is 5.69 Å². The first-order chi connectivity index (χ1) is 10.2. The van der Waals surface area contributed by atoms with Crippen molar-refractivity contribution in [2.75, 3.05) is 5.32 Å². The Hall–Kier alpha value is -1.81. The number of benzene rings is 1. The number of anilines is 1. The molecule has 0 atom stereocenters. The number of rotatable bonds is 3. The number of carbonyl (C=O) groups excluding carboxylic acids is 1.